The van der Waals surface area contributed by atoms with E-state index in [1.165, 1.54) is 0 Å². The molecule has 0 fully saturated rings. The van der Waals surface area contributed by atoms with Gasteiger partial charge in [-0.25, -0.2) is 0 Å². The Morgan fingerprint density at radius 3 is 1.29 bits per heavy atom. The number of aliphatic hydroxyl groups excluding tert-OH is 1. The van der Waals surface area contributed by atoms with Gasteiger partial charge >= 0.3 is 0 Å². The molecule has 0 aromatic carbocycles. The van der Waals surface area contributed by atoms with Crippen LogP contribution in [0.1, 0.15) is 45.4 Å². The molecule has 0 saturated heterocycles. The van der Waals surface area contributed by atoms with Crippen LogP contribution < -0.4 is 0 Å². The highest BCUT2D eigenvalue weighted by Crippen LogP contribution is 1.99. The summed E-state index contributed by atoms with van der Waals surface area (Å²) in [5, 5.41) is 8.53. The molecule has 0 aliphatic carbocycles. The van der Waals surface area contributed by atoms with Crippen molar-refractivity contribution in [3.63, 3.8) is 0 Å². The molecule has 0 aromatic rings. The summed E-state index contributed by atoms with van der Waals surface area (Å²) in [6.45, 7) is 2.21. The van der Waals surface area contributed by atoms with Crippen molar-refractivity contribution in [1.82, 2.24) is 0 Å². The molecule has 0 radical (unpaired) electrons. The summed E-state index contributed by atoms with van der Waals surface area (Å²) in [4.78, 5) is 0. The maximum Gasteiger partial charge on any atom is 0.0612 e. The lowest BCUT2D eigenvalue weighted by Gasteiger charge is -1.89. The molecule has 0 saturated carbocycles. The predicted molar refractivity (Wildman–Crippen MR) is 77.0 cm³/mol. The summed E-state index contributed by atoms with van der Waals surface area (Å²) in [6.07, 6.45) is 23.8. The Morgan fingerprint density at radius 1 is 0.588 bits per heavy atom. The molecule has 0 aromatic heterocycles. The zero-order valence-corrected chi connectivity index (χ0v) is 11.0. The highest BCUT2D eigenvalue weighted by Gasteiger charge is 1.79. The number of hydrogen-bond donors (Lipinski definition) is 1. The Hall–Kier alpha value is -1.08. The Morgan fingerprint density at radius 2 is 0.941 bits per heavy atom. The fourth-order valence-electron chi connectivity index (χ4n) is 1.41. The van der Waals surface area contributed by atoms with Gasteiger partial charge in [0.1, 0.15) is 0 Å². The van der Waals surface area contributed by atoms with Gasteiger partial charge in [-0.3, -0.25) is 0 Å². The second-order valence-electron chi connectivity index (χ2n) is 3.90. The average Bonchev–Trinajstić information content (AvgIpc) is 2.35. The predicted octanol–water partition coefficient (Wildman–Crippen LogP) is 4.56. The fraction of sp³-hybridized carbons (Fsp3) is 0.500. The monoisotopic (exact) mass is 234 g/mol. The van der Waals surface area contributed by atoms with Crippen LogP contribution in [0.2, 0.25) is 0 Å². The van der Waals surface area contributed by atoms with Crippen molar-refractivity contribution in [1.29, 1.82) is 0 Å². The lowest BCUT2D eigenvalue weighted by molar-refractivity contribution is 0.342. The van der Waals surface area contributed by atoms with E-state index < -0.39 is 0 Å². The van der Waals surface area contributed by atoms with Gasteiger partial charge in [-0.1, -0.05) is 48.6 Å². The topological polar surface area (TPSA) is 20.2 Å². The molecule has 0 spiro atoms. The van der Waals surface area contributed by atoms with E-state index in [-0.39, 0.29) is 6.61 Å². The van der Waals surface area contributed by atoms with E-state index >= 15 is 0 Å². The molecule has 0 unspecified atom stereocenters. The van der Waals surface area contributed by atoms with Gasteiger partial charge in [-0.15, -0.1) is 0 Å². The Kier molecular flexibility index (Phi) is 14.0. The van der Waals surface area contributed by atoms with Crippen LogP contribution in [-0.4, -0.2) is 11.7 Å². The van der Waals surface area contributed by atoms with E-state index in [0.29, 0.717) is 0 Å². The van der Waals surface area contributed by atoms with E-state index in [0.717, 1.165) is 38.5 Å². The molecule has 0 atom stereocenters. The number of rotatable bonds is 10. The summed E-state index contributed by atoms with van der Waals surface area (Å²) < 4.78 is 0. The second-order valence-corrected chi connectivity index (χ2v) is 3.90. The van der Waals surface area contributed by atoms with Gasteiger partial charge in [0.2, 0.25) is 0 Å². The molecule has 17 heavy (non-hydrogen) atoms. The van der Waals surface area contributed by atoms with Gasteiger partial charge in [0.15, 0.2) is 0 Å². The molecular weight excluding hydrogens is 208 g/mol. The lowest BCUT2D eigenvalue weighted by Crippen LogP contribution is -1.71. The van der Waals surface area contributed by atoms with Crippen molar-refractivity contribution in [2.45, 2.75) is 45.4 Å². The summed E-state index contributed by atoms with van der Waals surface area (Å²) in [5.41, 5.74) is 0. The van der Waals surface area contributed by atoms with Crippen LogP contribution in [0.15, 0.2) is 48.6 Å². The standard InChI is InChI=1S/C16H26O/c1-2-3-4-5-6-7-8-9-10-11-12-13-14-15-16-17/h2-3,6-7,10-11,14-15,17H,4-5,8-9,12-13,16H2,1H3. The molecule has 1 nitrogen and oxygen atoms in total. The Balaban J connectivity index is 3.26. The highest BCUT2D eigenvalue weighted by molar-refractivity contribution is 4.91. The number of allylic oxidation sites excluding steroid dienone is 7. The number of unbranched alkanes of at least 4 members (excludes halogenated alkanes) is 3. The van der Waals surface area contributed by atoms with Crippen LogP contribution >= 0.6 is 0 Å². The first-order chi connectivity index (χ1) is 8.41. The first-order valence-corrected chi connectivity index (χ1v) is 6.58. The lowest BCUT2D eigenvalue weighted by atomic mass is 10.2. The van der Waals surface area contributed by atoms with Gasteiger partial charge in [0.05, 0.1) is 6.61 Å². The van der Waals surface area contributed by atoms with Crippen molar-refractivity contribution >= 4 is 0 Å². The van der Waals surface area contributed by atoms with E-state index in [2.05, 4.69) is 43.4 Å². The molecule has 0 aliphatic rings. The normalized spacial score (nSPS) is 12.8. The van der Waals surface area contributed by atoms with Crippen molar-refractivity contribution in [2.24, 2.45) is 0 Å². The maximum atomic E-state index is 8.53. The van der Waals surface area contributed by atoms with E-state index in [1.54, 1.807) is 6.08 Å². The number of aliphatic hydroxyl groups is 1. The van der Waals surface area contributed by atoms with E-state index in [4.69, 9.17) is 5.11 Å². The van der Waals surface area contributed by atoms with Crippen LogP contribution in [0.5, 0.6) is 0 Å². The second kappa shape index (κ2) is 14.9. The van der Waals surface area contributed by atoms with Gasteiger partial charge in [-0.2, -0.15) is 0 Å². The SMILES string of the molecule is CC=CCCC=CCCC=CCCC=CCO. The fourth-order valence-corrected chi connectivity index (χ4v) is 1.41. The van der Waals surface area contributed by atoms with Gasteiger partial charge in [-0.05, 0) is 45.4 Å². The van der Waals surface area contributed by atoms with E-state index in [1.807, 2.05) is 6.08 Å². The molecule has 0 bridgehead atoms. The minimum Gasteiger partial charge on any atom is -0.392 e. The smallest absolute Gasteiger partial charge is 0.0612 e. The van der Waals surface area contributed by atoms with Crippen molar-refractivity contribution in [3.05, 3.63) is 48.6 Å². The van der Waals surface area contributed by atoms with Crippen LogP contribution in [0.4, 0.5) is 0 Å². The van der Waals surface area contributed by atoms with Gasteiger partial charge in [0.25, 0.3) is 0 Å². The Bertz CT molecular complexity index is 246. The third-order valence-electron chi connectivity index (χ3n) is 2.34. The molecule has 1 N–H and O–H groups in total. The highest BCUT2D eigenvalue weighted by atomic mass is 16.2. The van der Waals surface area contributed by atoms with Gasteiger partial charge in [0, 0.05) is 0 Å². The molecule has 1 heteroatoms. The first kappa shape index (κ1) is 15.9. The largest absolute Gasteiger partial charge is 0.392 e. The quantitative estimate of drug-likeness (QED) is 0.434. The Labute approximate surface area is 106 Å². The van der Waals surface area contributed by atoms with Crippen LogP contribution in [-0.2, 0) is 0 Å². The summed E-state index contributed by atoms with van der Waals surface area (Å²) in [7, 11) is 0. The van der Waals surface area contributed by atoms with Crippen molar-refractivity contribution < 1.29 is 5.11 Å². The van der Waals surface area contributed by atoms with Crippen LogP contribution in [0, 0.1) is 0 Å². The molecule has 0 heterocycles. The van der Waals surface area contributed by atoms with Crippen molar-refractivity contribution in [2.75, 3.05) is 6.61 Å². The molecule has 0 aliphatic heterocycles. The van der Waals surface area contributed by atoms with E-state index in [9.17, 15) is 0 Å². The molecular formula is C16H26O. The van der Waals surface area contributed by atoms with Crippen LogP contribution in [0.3, 0.4) is 0 Å². The maximum absolute atomic E-state index is 8.53. The third-order valence-corrected chi connectivity index (χ3v) is 2.34. The van der Waals surface area contributed by atoms with Gasteiger partial charge < -0.3 is 5.11 Å². The molecule has 0 rings (SSSR count). The molecule has 96 valence electrons. The average molecular weight is 234 g/mol. The summed E-state index contributed by atoms with van der Waals surface area (Å²) >= 11 is 0. The van der Waals surface area contributed by atoms with Crippen molar-refractivity contribution in [3.8, 4) is 0 Å². The zero-order valence-electron chi connectivity index (χ0n) is 11.0. The number of hydrogen-bond acceptors (Lipinski definition) is 1. The minimum absolute atomic E-state index is 0.154. The summed E-state index contributed by atoms with van der Waals surface area (Å²) in [5.74, 6) is 0. The molecule has 0 amide bonds. The third kappa shape index (κ3) is 14.9. The minimum atomic E-state index is 0.154. The first-order valence-electron chi connectivity index (χ1n) is 6.58. The van der Waals surface area contributed by atoms with Crippen LogP contribution in [0.25, 0.3) is 0 Å². The zero-order chi connectivity index (χ0) is 12.6. The summed E-state index contributed by atoms with van der Waals surface area (Å²) in [6, 6.07) is 0.